The van der Waals surface area contributed by atoms with Crippen molar-refractivity contribution in [1.82, 2.24) is 0 Å². The number of hydrogen-bond donors (Lipinski definition) is 0. The Bertz CT molecular complexity index is 234. The average molecular weight is 225 g/mol. The summed E-state index contributed by atoms with van der Waals surface area (Å²) in [6, 6.07) is 0. The lowest BCUT2D eigenvalue weighted by Crippen LogP contribution is -2.18. The summed E-state index contributed by atoms with van der Waals surface area (Å²) in [6.07, 6.45) is -5.46. The molecular weight excluding hydrogens is 217 g/mol. The van der Waals surface area contributed by atoms with Gasteiger partial charge in [0.05, 0.1) is 5.75 Å². The number of rotatable bonds is 3. The van der Waals surface area contributed by atoms with Crippen LogP contribution in [0.25, 0.3) is 0 Å². The molecule has 74 valence electrons. The largest absolute Gasteiger partial charge is 0.389 e. The second kappa shape index (κ2) is 3.83. The molecule has 0 saturated heterocycles. The lowest BCUT2D eigenvalue weighted by molar-refractivity contribution is -0.141. The van der Waals surface area contributed by atoms with Gasteiger partial charge in [0.2, 0.25) is 9.05 Å². The van der Waals surface area contributed by atoms with Crippen LogP contribution in [0.4, 0.5) is 13.2 Å². The quantitative estimate of drug-likeness (QED) is 0.689. The Morgan fingerprint density at radius 3 is 2.08 bits per heavy atom. The molecular formula is C5H8ClF3O2S. The van der Waals surface area contributed by atoms with Crippen LogP contribution in [-0.4, -0.2) is 20.3 Å². The standard InChI is InChI=1S/C5H8ClF3O2S/c1-4(2-5(7,8)9)3-12(6,10)11/h4H,2-3H2,1H3/t4-/m0/s1. The van der Waals surface area contributed by atoms with Crippen LogP contribution in [0.3, 0.4) is 0 Å². The van der Waals surface area contributed by atoms with Crippen LogP contribution >= 0.6 is 10.7 Å². The van der Waals surface area contributed by atoms with E-state index in [0.29, 0.717) is 0 Å². The van der Waals surface area contributed by atoms with E-state index in [1.165, 1.54) is 6.92 Å². The van der Waals surface area contributed by atoms with Gasteiger partial charge in [-0.1, -0.05) is 6.92 Å². The number of alkyl halides is 3. The molecule has 0 radical (unpaired) electrons. The maximum atomic E-state index is 11.6. The average Bonchev–Trinajstić information content (AvgIpc) is 1.49. The molecule has 0 heterocycles. The summed E-state index contributed by atoms with van der Waals surface area (Å²) in [6.45, 7) is 1.19. The van der Waals surface area contributed by atoms with Gasteiger partial charge in [0.15, 0.2) is 0 Å². The lowest BCUT2D eigenvalue weighted by atomic mass is 10.1. The molecule has 0 fully saturated rings. The van der Waals surface area contributed by atoms with Crippen molar-refractivity contribution in [2.75, 3.05) is 5.75 Å². The fraction of sp³-hybridized carbons (Fsp3) is 1.00. The SMILES string of the molecule is C[C@@H](CC(F)(F)F)CS(=O)(=O)Cl. The molecule has 0 saturated carbocycles. The van der Waals surface area contributed by atoms with E-state index in [2.05, 4.69) is 0 Å². The molecule has 0 spiro atoms. The van der Waals surface area contributed by atoms with E-state index in [-0.39, 0.29) is 0 Å². The van der Waals surface area contributed by atoms with Gasteiger partial charge in [-0.3, -0.25) is 0 Å². The fourth-order valence-electron chi connectivity index (χ4n) is 0.794. The van der Waals surface area contributed by atoms with Crippen molar-refractivity contribution in [2.45, 2.75) is 19.5 Å². The Balaban J connectivity index is 4.00. The maximum absolute atomic E-state index is 11.6. The molecule has 0 unspecified atom stereocenters. The van der Waals surface area contributed by atoms with Crippen LogP contribution in [0.2, 0.25) is 0 Å². The zero-order valence-electron chi connectivity index (χ0n) is 6.23. The highest BCUT2D eigenvalue weighted by molar-refractivity contribution is 8.13. The fourth-order valence-corrected chi connectivity index (χ4v) is 2.24. The van der Waals surface area contributed by atoms with Crippen LogP contribution < -0.4 is 0 Å². The molecule has 0 aromatic heterocycles. The first-order chi connectivity index (χ1) is 5.10. The molecule has 0 aromatic carbocycles. The van der Waals surface area contributed by atoms with Crippen molar-refractivity contribution in [3.05, 3.63) is 0 Å². The monoisotopic (exact) mass is 224 g/mol. The van der Waals surface area contributed by atoms with Gasteiger partial charge in [-0.15, -0.1) is 0 Å². The molecule has 0 aliphatic rings. The molecule has 7 heteroatoms. The zero-order chi connectivity index (χ0) is 9.99. The van der Waals surface area contributed by atoms with Crippen LogP contribution in [0.15, 0.2) is 0 Å². The van der Waals surface area contributed by atoms with Crippen LogP contribution in [0.1, 0.15) is 13.3 Å². The van der Waals surface area contributed by atoms with Crippen LogP contribution in [0, 0.1) is 5.92 Å². The summed E-state index contributed by atoms with van der Waals surface area (Å²) < 4.78 is 55.6. The first kappa shape index (κ1) is 12.0. The first-order valence-corrected chi connectivity index (χ1v) is 5.57. The first-order valence-electron chi connectivity index (χ1n) is 3.09. The van der Waals surface area contributed by atoms with E-state index in [0.717, 1.165) is 0 Å². The third kappa shape index (κ3) is 8.13. The van der Waals surface area contributed by atoms with Crippen molar-refractivity contribution in [2.24, 2.45) is 5.92 Å². The van der Waals surface area contributed by atoms with Gasteiger partial charge >= 0.3 is 6.18 Å². The summed E-state index contributed by atoms with van der Waals surface area (Å²) in [4.78, 5) is 0. The van der Waals surface area contributed by atoms with Gasteiger partial charge in [-0.2, -0.15) is 13.2 Å². The smallest absolute Gasteiger partial charge is 0.212 e. The van der Waals surface area contributed by atoms with E-state index in [4.69, 9.17) is 10.7 Å². The molecule has 0 bridgehead atoms. The second-order valence-electron chi connectivity index (χ2n) is 2.63. The topological polar surface area (TPSA) is 34.1 Å². The van der Waals surface area contributed by atoms with Gasteiger partial charge in [0.25, 0.3) is 0 Å². The Labute approximate surface area is 73.1 Å². The Hall–Kier alpha value is 0.0300. The van der Waals surface area contributed by atoms with E-state index >= 15 is 0 Å². The van der Waals surface area contributed by atoms with Gasteiger partial charge in [-0.25, -0.2) is 8.42 Å². The summed E-state index contributed by atoms with van der Waals surface area (Å²) >= 11 is 0. The molecule has 1 atom stereocenters. The van der Waals surface area contributed by atoms with E-state index in [1.807, 2.05) is 0 Å². The Kier molecular flexibility index (Phi) is 3.84. The van der Waals surface area contributed by atoms with Crippen molar-refractivity contribution in [1.29, 1.82) is 0 Å². The summed E-state index contributed by atoms with van der Waals surface area (Å²) in [5.41, 5.74) is 0. The third-order valence-corrected chi connectivity index (χ3v) is 2.41. The van der Waals surface area contributed by atoms with Gasteiger partial charge in [0.1, 0.15) is 0 Å². The number of halogens is 4. The van der Waals surface area contributed by atoms with Crippen molar-refractivity contribution in [3.8, 4) is 0 Å². The molecule has 0 aromatic rings. The van der Waals surface area contributed by atoms with E-state index in [1.54, 1.807) is 0 Å². The maximum Gasteiger partial charge on any atom is 0.389 e. The Morgan fingerprint density at radius 1 is 1.42 bits per heavy atom. The predicted molar refractivity (Wildman–Crippen MR) is 39.5 cm³/mol. The normalized spacial score (nSPS) is 16.1. The highest BCUT2D eigenvalue weighted by atomic mass is 35.7. The minimum Gasteiger partial charge on any atom is -0.212 e. The van der Waals surface area contributed by atoms with Crippen molar-refractivity contribution < 1.29 is 21.6 Å². The highest BCUT2D eigenvalue weighted by Crippen LogP contribution is 2.25. The third-order valence-electron chi connectivity index (χ3n) is 1.06. The number of hydrogen-bond acceptors (Lipinski definition) is 2. The molecule has 12 heavy (non-hydrogen) atoms. The summed E-state index contributed by atoms with van der Waals surface area (Å²) in [5.74, 6) is -1.64. The lowest BCUT2D eigenvalue weighted by Gasteiger charge is -2.11. The molecule has 0 rings (SSSR count). The molecule has 0 aliphatic carbocycles. The van der Waals surface area contributed by atoms with Crippen molar-refractivity contribution in [3.63, 3.8) is 0 Å². The second-order valence-corrected chi connectivity index (χ2v) is 5.45. The molecule has 0 amide bonds. The molecule has 0 aliphatic heterocycles. The van der Waals surface area contributed by atoms with E-state index in [9.17, 15) is 21.6 Å². The minimum absolute atomic E-state index is 0.645. The van der Waals surface area contributed by atoms with E-state index < -0.39 is 33.3 Å². The summed E-state index contributed by atoms with van der Waals surface area (Å²) in [7, 11) is 0.938. The minimum atomic E-state index is -4.33. The Morgan fingerprint density at radius 2 is 1.83 bits per heavy atom. The van der Waals surface area contributed by atoms with Crippen LogP contribution in [-0.2, 0) is 9.05 Å². The van der Waals surface area contributed by atoms with Crippen molar-refractivity contribution >= 4 is 19.7 Å². The van der Waals surface area contributed by atoms with Crippen LogP contribution in [0.5, 0.6) is 0 Å². The summed E-state index contributed by atoms with van der Waals surface area (Å²) in [5, 5.41) is 0. The highest BCUT2D eigenvalue weighted by Gasteiger charge is 2.31. The van der Waals surface area contributed by atoms with Gasteiger partial charge in [-0.05, 0) is 5.92 Å². The zero-order valence-corrected chi connectivity index (χ0v) is 7.80. The molecule has 2 nitrogen and oxygen atoms in total. The van der Waals surface area contributed by atoms with Gasteiger partial charge < -0.3 is 0 Å². The van der Waals surface area contributed by atoms with Gasteiger partial charge in [0, 0.05) is 17.1 Å². The predicted octanol–water partition coefficient (Wildman–Crippen LogP) is 2.14. The molecule has 0 N–H and O–H groups in total.